The molecule has 2 rings (SSSR count). The lowest BCUT2D eigenvalue weighted by molar-refractivity contribution is 0.0958. The molecule has 1 heterocycles. The lowest BCUT2D eigenvalue weighted by atomic mass is 10.1. The van der Waals surface area contributed by atoms with Gasteiger partial charge in [0.15, 0.2) is 0 Å². The monoisotopic (exact) mass is 277 g/mol. The third-order valence-electron chi connectivity index (χ3n) is 2.99. The summed E-state index contributed by atoms with van der Waals surface area (Å²) in [4.78, 5) is 12.3. The Hall–Kier alpha value is -1.13. The number of fused-ring (bicyclic) bond motifs is 1. The Labute approximate surface area is 113 Å². The molecule has 0 spiro atoms. The fraction of sp³-hybridized carbons (Fsp3) is 0.357. The molecule has 0 saturated carbocycles. The van der Waals surface area contributed by atoms with E-state index in [4.69, 9.17) is 0 Å². The maximum absolute atomic E-state index is 12.3. The Kier molecular flexibility index (Phi) is 3.59. The van der Waals surface area contributed by atoms with E-state index in [0.29, 0.717) is 6.54 Å². The van der Waals surface area contributed by atoms with Crippen molar-refractivity contribution in [3.63, 3.8) is 0 Å². The number of benzene rings is 1. The van der Waals surface area contributed by atoms with Gasteiger partial charge in [0, 0.05) is 11.2 Å². The molecule has 0 unspecified atom stereocenters. The van der Waals surface area contributed by atoms with Gasteiger partial charge in [-0.15, -0.1) is 11.3 Å². The van der Waals surface area contributed by atoms with Gasteiger partial charge >= 0.3 is 0 Å². The molecule has 4 heteroatoms. The summed E-state index contributed by atoms with van der Waals surface area (Å²) >= 11 is 1.66. The first-order chi connectivity index (χ1) is 8.45. The molecular weight excluding hydrogens is 258 g/mol. The molecule has 2 nitrogen and oxygen atoms in total. The molecule has 0 fully saturated rings. The molecule has 0 aliphatic heterocycles. The van der Waals surface area contributed by atoms with Crippen molar-refractivity contribution in [2.45, 2.75) is 26.6 Å². The summed E-state index contributed by atoms with van der Waals surface area (Å²) < 4.78 is 1.13. The second-order valence-electron chi connectivity index (χ2n) is 5.44. The molecule has 2 aromatic rings. The van der Waals surface area contributed by atoms with Crippen LogP contribution in [0.3, 0.4) is 0 Å². The molecule has 0 aliphatic carbocycles. The molecule has 18 heavy (non-hydrogen) atoms. The molecule has 0 radical (unpaired) electrons. The Morgan fingerprint density at radius 3 is 2.61 bits per heavy atom. The second kappa shape index (κ2) is 4.86. The zero-order valence-electron chi connectivity index (χ0n) is 11.3. The van der Waals surface area contributed by atoms with Gasteiger partial charge in [0.1, 0.15) is 0 Å². The van der Waals surface area contributed by atoms with Crippen LogP contribution in [0.4, 0.5) is 0 Å². The number of carbonyl (C=O) groups is 1. The number of nitrogens with one attached hydrogen (secondary N) is 1. The number of thiophene rings is 1. The van der Waals surface area contributed by atoms with Gasteiger partial charge < -0.3 is 5.32 Å². The smallest absolute Gasteiger partial charge is 0.252 e. The third-order valence-corrected chi connectivity index (χ3v) is 5.97. The SMILES string of the molecule is CCNC(=O)c1c([Si](C)(C)C)ccc2ccsc12. The lowest BCUT2D eigenvalue weighted by Crippen LogP contribution is -2.43. The van der Waals surface area contributed by atoms with Crippen LogP contribution >= 0.6 is 11.3 Å². The summed E-state index contributed by atoms with van der Waals surface area (Å²) in [5, 5.41) is 7.43. The van der Waals surface area contributed by atoms with E-state index in [-0.39, 0.29) is 5.91 Å². The van der Waals surface area contributed by atoms with Crippen molar-refractivity contribution in [3.8, 4) is 0 Å². The average molecular weight is 277 g/mol. The summed E-state index contributed by atoms with van der Waals surface area (Å²) in [7, 11) is -1.51. The molecule has 96 valence electrons. The van der Waals surface area contributed by atoms with E-state index in [1.54, 1.807) is 11.3 Å². The first-order valence-electron chi connectivity index (χ1n) is 6.24. The zero-order valence-corrected chi connectivity index (χ0v) is 13.1. The van der Waals surface area contributed by atoms with Gasteiger partial charge in [0.05, 0.1) is 13.6 Å². The summed E-state index contributed by atoms with van der Waals surface area (Å²) in [6.45, 7) is 9.48. The minimum Gasteiger partial charge on any atom is -0.352 e. The highest BCUT2D eigenvalue weighted by Crippen LogP contribution is 2.25. The van der Waals surface area contributed by atoms with Gasteiger partial charge in [0.25, 0.3) is 5.91 Å². The van der Waals surface area contributed by atoms with Gasteiger partial charge in [0.2, 0.25) is 0 Å². The summed E-state index contributed by atoms with van der Waals surface area (Å²) in [6, 6.07) is 6.37. The van der Waals surface area contributed by atoms with Crippen LogP contribution in [0.25, 0.3) is 10.1 Å². The molecule has 0 bridgehead atoms. The van der Waals surface area contributed by atoms with Crippen molar-refractivity contribution >= 4 is 40.6 Å². The van der Waals surface area contributed by atoms with E-state index >= 15 is 0 Å². The number of hydrogen-bond donors (Lipinski definition) is 1. The molecule has 1 N–H and O–H groups in total. The predicted molar refractivity (Wildman–Crippen MR) is 82.8 cm³/mol. The van der Waals surface area contributed by atoms with Crippen LogP contribution in [0, 0.1) is 0 Å². The average Bonchev–Trinajstić information content (AvgIpc) is 2.74. The molecule has 0 saturated heterocycles. The first-order valence-corrected chi connectivity index (χ1v) is 10.6. The normalized spacial score (nSPS) is 11.8. The quantitative estimate of drug-likeness (QED) is 0.858. The van der Waals surface area contributed by atoms with Crippen LogP contribution in [0.5, 0.6) is 0 Å². The van der Waals surface area contributed by atoms with E-state index in [1.807, 2.05) is 6.92 Å². The van der Waals surface area contributed by atoms with Crippen LogP contribution in [0.15, 0.2) is 23.6 Å². The van der Waals surface area contributed by atoms with Gasteiger partial charge in [-0.3, -0.25) is 4.79 Å². The van der Waals surface area contributed by atoms with Crippen LogP contribution in [-0.4, -0.2) is 20.5 Å². The Morgan fingerprint density at radius 2 is 2.00 bits per heavy atom. The maximum atomic E-state index is 12.3. The second-order valence-corrected chi connectivity index (χ2v) is 11.4. The van der Waals surface area contributed by atoms with Crippen molar-refractivity contribution in [3.05, 3.63) is 29.1 Å². The number of rotatable bonds is 3. The molecule has 0 atom stereocenters. The van der Waals surface area contributed by atoms with Crippen molar-refractivity contribution in [2.24, 2.45) is 0 Å². The number of carbonyl (C=O) groups excluding carboxylic acids is 1. The van der Waals surface area contributed by atoms with Crippen LogP contribution in [0.2, 0.25) is 19.6 Å². The molecule has 1 amide bonds. The van der Waals surface area contributed by atoms with Crippen molar-refractivity contribution in [2.75, 3.05) is 6.54 Å². The van der Waals surface area contributed by atoms with Gasteiger partial charge in [-0.25, -0.2) is 0 Å². The third kappa shape index (κ3) is 2.35. The summed E-state index contributed by atoms with van der Waals surface area (Å²) in [5.74, 6) is 0.0722. The fourth-order valence-corrected chi connectivity index (χ4v) is 4.74. The van der Waals surface area contributed by atoms with E-state index in [1.165, 1.54) is 10.6 Å². The highest BCUT2D eigenvalue weighted by atomic mass is 32.1. The van der Waals surface area contributed by atoms with Crippen LogP contribution < -0.4 is 10.5 Å². The molecule has 1 aromatic heterocycles. The fourth-order valence-electron chi connectivity index (χ4n) is 2.13. The molecule has 1 aromatic carbocycles. The zero-order chi connectivity index (χ0) is 13.3. The minimum absolute atomic E-state index is 0.0722. The highest BCUT2D eigenvalue weighted by molar-refractivity contribution is 7.17. The Balaban J connectivity index is 2.70. The van der Waals surface area contributed by atoms with Crippen molar-refractivity contribution < 1.29 is 4.79 Å². The predicted octanol–water partition coefficient (Wildman–Crippen LogP) is 3.20. The van der Waals surface area contributed by atoms with E-state index in [2.05, 4.69) is 48.5 Å². The van der Waals surface area contributed by atoms with Crippen molar-refractivity contribution in [1.82, 2.24) is 5.32 Å². The number of hydrogen-bond acceptors (Lipinski definition) is 2. The van der Waals surface area contributed by atoms with Crippen LogP contribution in [0.1, 0.15) is 17.3 Å². The maximum Gasteiger partial charge on any atom is 0.252 e. The van der Waals surface area contributed by atoms with Gasteiger partial charge in [-0.05, 0) is 28.9 Å². The summed E-state index contributed by atoms with van der Waals surface area (Å²) in [5.41, 5.74) is 0.906. The van der Waals surface area contributed by atoms with E-state index in [9.17, 15) is 4.79 Å². The standard InChI is InChI=1S/C14H19NOSSi/c1-5-15-14(16)12-11(18(2,3)4)7-6-10-8-9-17-13(10)12/h6-9H,5H2,1-4H3,(H,15,16). The largest absolute Gasteiger partial charge is 0.352 e. The lowest BCUT2D eigenvalue weighted by Gasteiger charge is -2.21. The highest BCUT2D eigenvalue weighted by Gasteiger charge is 2.25. The van der Waals surface area contributed by atoms with Crippen LogP contribution in [-0.2, 0) is 0 Å². The topological polar surface area (TPSA) is 29.1 Å². The van der Waals surface area contributed by atoms with Crippen molar-refractivity contribution in [1.29, 1.82) is 0 Å². The first kappa shape index (κ1) is 13.3. The van der Waals surface area contributed by atoms with E-state index in [0.717, 1.165) is 10.3 Å². The minimum atomic E-state index is -1.51. The Bertz CT molecular complexity index is 583. The Morgan fingerprint density at radius 1 is 1.28 bits per heavy atom. The molecular formula is C14H19NOSSi. The van der Waals surface area contributed by atoms with Gasteiger partial charge in [-0.2, -0.15) is 0 Å². The van der Waals surface area contributed by atoms with E-state index < -0.39 is 8.07 Å². The molecule has 0 aliphatic rings. The van der Waals surface area contributed by atoms with Gasteiger partial charge in [-0.1, -0.05) is 31.8 Å². The number of amides is 1. The summed E-state index contributed by atoms with van der Waals surface area (Å²) in [6.07, 6.45) is 0.